The van der Waals surface area contributed by atoms with Gasteiger partial charge in [0.1, 0.15) is 18.4 Å². The molecule has 6 nitrogen and oxygen atoms in total. The number of ether oxygens (including phenoxy) is 2. The summed E-state index contributed by atoms with van der Waals surface area (Å²) < 4.78 is 9.94. The molecule has 112 valence electrons. The zero-order valence-electron chi connectivity index (χ0n) is 12.9. The Hall–Kier alpha value is -1.30. The molecule has 0 aliphatic carbocycles. The van der Waals surface area contributed by atoms with Gasteiger partial charge in [0.25, 0.3) is 0 Å². The molecule has 1 unspecified atom stereocenters. The average Bonchev–Trinajstić information content (AvgIpc) is 2.18. The number of nitrogens with one attached hydrogen (secondary N) is 2. The highest BCUT2D eigenvalue weighted by Crippen LogP contribution is 2.20. The second-order valence-electron chi connectivity index (χ2n) is 6.42. The molecule has 0 rings (SSSR count). The van der Waals surface area contributed by atoms with Gasteiger partial charge in [-0.3, -0.25) is 4.79 Å². The van der Waals surface area contributed by atoms with Crippen LogP contribution in [0.5, 0.6) is 0 Å². The maximum atomic E-state index is 12.0. The van der Waals surface area contributed by atoms with Gasteiger partial charge < -0.3 is 20.1 Å². The first-order chi connectivity index (χ1) is 8.47. The van der Waals surface area contributed by atoms with Crippen molar-refractivity contribution in [2.45, 2.75) is 53.2 Å². The van der Waals surface area contributed by atoms with E-state index in [1.165, 1.54) is 7.11 Å². The molecule has 0 saturated carbocycles. The fourth-order valence-corrected chi connectivity index (χ4v) is 1.35. The molecule has 0 aromatic heterocycles. The lowest BCUT2D eigenvalue weighted by Crippen LogP contribution is -2.54. The highest BCUT2D eigenvalue weighted by Gasteiger charge is 2.33. The molecule has 0 heterocycles. The molecule has 0 aromatic rings. The van der Waals surface area contributed by atoms with Crippen LogP contribution in [0.15, 0.2) is 0 Å². The fourth-order valence-electron chi connectivity index (χ4n) is 1.35. The summed E-state index contributed by atoms with van der Waals surface area (Å²) in [7, 11) is 1.48. The molecule has 0 aromatic carbocycles. The predicted octanol–water partition coefficient (Wildman–Crippen LogP) is 1.65. The van der Waals surface area contributed by atoms with E-state index < -0.39 is 23.2 Å². The Bertz CT molecular complexity index is 316. The van der Waals surface area contributed by atoms with Gasteiger partial charge in [0.05, 0.1) is 0 Å². The summed E-state index contributed by atoms with van der Waals surface area (Å²) >= 11 is 0. The van der Waals surface area contributed by atoms with Crippen molar-refractivity contribution in [1.29, 1.82) is 0 Å². The second-order valence-corrected chi connectivity index (χ2v) is 6.42. The molecular weight excluding hydrogens is 248 g/mol. The summed E-state index contributed by atoms with van der Waals surface area (Å²) in [6, 6.07) is -0.697. The molecule has 0 fully saturated rings. The normalized spacial score (nSPS) is 13.6. The third-order valence-corrected chi connectivity index (χ3v) is 2.18. The van der Waals surface area contributed by atoms with Crippen molar-refractivity contribution in [3.8, 4) is 0 Å². The Kier molecular flexibility index (Phi) is 6.29. The smallest absolute Gasteiger partial charge is 0.408 e. The van der Waals surface area contributed by atoms with E-state index in [1.54, 1.807) is 20.8 Å². The van der Waals surface area contributed by atoms with Crippen LogP contribution in [-0.2, 0) is 14.3 Å². The largest absolute Gasteiger partial charge is 0.444 e. The first-order valence-electron chi connectivity index (χ1n) is 6.23. The Morgan fingerprint density at radius 1 is 1.11 bits per heavy atom. The van der Waals surface area contributed by atoms with Gasteiger partial charge in [0.15, 0.2) is 0 Å². The van der Waals surface area contributed by atoms with Gasteiger partial charge in [0, 0.05) is 7.11 Å². The molecule has 6 heteroatoms. The average molecular weight is 274 g/mol. The van der Waals surface area contributed by atoms with Gasteiger partial charge in [0.2, 0.25) is 5.91 Å². The van der Waals surface area contributed by atoms with Crippen LogP contribution in [-0.4, -0.2) is 37.5 Å². The van der Waals surface area contributed by atoms with E-state index in [9.17, 15) is 9.59 Å². The first kappa shape index (κ1) is 17.7. The van der Waals surface area contributed by atoms with E-state index in [4.69, 9.17) is 9.47 Å². The van der Waals surface area contributed by atoms with E-state index in [0.717, 1.165) is 0 Å². The van der Waals surface area contributed by atoms with Crippen LogP contribution in [0.3, 0.4) is 0 Å². The third kappa shape index (κ3) is 7.66. The van der Waals surface area contributed by atoms with Crippen molar-refractivity contribution < 1.29 is 19.1 Å². The molecular formula is C13H26N2O4. The van der Waals surface area contributed by atoms with Crippen molar-refractivity contribution >= 4 is 12.0 Å². The van der Waals surface area contributed by atoms with Crippen molar-refractivity contribution in [2.24, 2.45) is 5.41 Å². The number of methoxy groups -OCH3 is 1. The van der Waals surface area contributed by atoms with Crippen LogP contribution >= 0.6 is 0 Å². The van der Waals surface area contributed by atoms with Crippen LogP contribution in [0, 0.1) is 5.41 Å². The number of amides is 2. The highest BCUT2D eigenvalue weighted by atomic mass is 16.6. The molecule has 19 heavy (non-hydrogen) atoms. The van der Waals surface area contributed by atoms with Crippen LogP contribution < -0.4 is 10.6 Å². The van der Waals surface area contributed by atoms with E-state index >= 15 is 0 Å². The summed E-state index contributed by atoms with van der Waals surface area (Å²) in [5, 5.41) is 5.17. The van der Waals surface area contributed by atoms with Crippen LogP contribution in [0.25, 0.3) is 0 Å². The standard InChI is InChI=1S/C13H26N2O4/c1-12(2,3)9(10(16)14-8-18-7)15-11(17)19-13(4,5)6/h9H,8H2,1-7H3,(H,14,16)(H,15,17). The quantitative estimate of drug-likeness (QED) is 0.764. The number of hydrogen-bond acceptors (Lipinski definition) is 4. The van der Waals surface area contributed by atoms with Gasteiger partial charge >= 0.3 is 6.09 Å². The summed E-state index contributed by atoms with van der Waals surface area (Å²) in [6.07, 6.45) is -0.611. The monoisotopic (exact) mass is 274 g/mol. The second kappa shape index (κ2) is 6.75. The molecule has 1 atom stereocenters. The molecule has 0 bridgehead atoms. The lowest BCUT2D eigenvalue weighted by Gasteiger charge is -2.31. The van der Waals surface area contributed by atoms with Crippen LogP contribution in [0.4, 0.5) is 4.79 Å². The SMILES string of the molecule is COCNC(=O)C(NC(=O)OC(C)(C)C)C(C)(C)C. The Balaban J connectivity index is 4.71. The number of hydrogen-bond donors (Lipinski definition) is 2. The Morgan fingerprint density at radius 3 is 2.00 bits per heavy atom. The lowest BCUT2D eigenvalue weighted by atomic mass is 9.86. The van der Waals surface area contributed by atoms with E-state index in [2.05, 4.69) is 10.6 Å². The number of rotatable bonds is 4. The third-order valence-electron chi connectivity index (χ3n) is 2.18. The predicted molar refractivity (Wildman–Crippen MR) is 72.6 cm³/mol. The minimum atomic E-state index is -0.697. The lowest BCUT2D eigenvalue weighted by molar-refractivity contribution is -0.127. The van der Waals surface area contributed by atoms with E-state index in [-0.39, 0.29) is 12.6 Å². The van der Waals surface area contributed by atoms with Gasteiger partial charge in [-0.25, -0.2) is 4.79 Å². The number of carbonyl (C=O) groups is 2. The summed E-state index contributed by atoms with van der Waals surface area (Å²) in [5.74, 6) is -0.305. The molecule has 0 spiro atoms. The Labute approximate surface area is 115 Å². The molecule has 0 saturated heterocycles. The van der Waals surface area contributed by atoms with Crippen molar-refractivity contribution in [2.75, 3.05) is 13.8 Å². The van der Waals surface area contributed by atoms with Crippen molar-refractivity contribution in [3.63, 3.8) is 0 Å². The minimum Gasteiger partial charge on any atom is -0.444 e. The van der Waals surface area contributed by atoms with Crippen molar-refractivity contribution in [3.05, 3.63) is 0 Å². The van der Waals surface area contributed by atoms with Crippen LogP contribution in [0.1, 0.15) is 41.5 Å². The topological polar surface area (TPSA) is 76.7 Å². The summed E-state index contributed by atoms with van der Waals surface area (Å²) in [5.41, 5.74) is -1.04. The number of alkyl carbamates (subject to hydrolysis) is 1. The molecule has 0 aliphatic rings. The van der Waals surface area contributed by atoms with Gasteiger partial charge in [-0.1, -0.05) is 20.8 Å². The minimum absolute atomic E-state index is 0.0986. The number of carbonyl (C=O) groups excluding carboxylic acids is 2. The van der Waals surface area contributed by atoms with E-state index in [0.29, 0.717) is 0 Å². The molecule has 2 N–H and O–H groups in total. The highest BCUT2D eigenvalue weighted by molar-refractivity contribution is 5.86. The van der Waals surface area contributed by atoms with Crippen LogP contribution in [0.2, 0.25) is 0 Å². The van der Waals surface area contributed by atoms with E-state index in [1.807, 2.05) is 20.8 Å². The molecule has 0 aliphatic heterocycles. The molecule has 2 amide bonds. The van der Waals surface area contributed by atoms with Crippen molar-refractivity contribution in [1.82, 2.24) is 10.6 Å². The fraction of sp³-hybridized carbons (Fsp3) is 0.846. The first-order valence-corrected chi connectivity index (χ1v) is 6.23. The molecule has 0 radical (unpaired) electrons. The zero-order valence-corrected chi connectivity index (χ0v) is 12.9. The zero-order chi connectivity index (χ0) is 15.3. The van der Waals surface area contributed by atoms with Gasteiger partial charge in [-0.05, 0) is 26.2 Å². The Morgan fingerprint density at radius 2 is 1.63 bits per heavy atom. The van der Waals surface area contributed by atoms with Gasteiger partial charge in [-0.2, -0.15) is 0 Å². The maximum absolute atomic E-state index is 12.0. The summed E-state index contributed by atoms with van der Waals surface area (Å²) in [4.78, 5) is 23.7. The maximum Gasteiger partial charge on any atom is 0.408 e. The van der Waals surface area contributed by atoms with Gasteiger partial charge in [-0.15, -0.1) is 0 Å². The summed E-state index contributed by atoms with van der Waals surface area (Å²) in [6.45, 7) is 11.0.